The molecule has 5 nitrogen and oxygen atoms in total. The zero-order chi connectivity index (χ0) is 9.56. The smallest absolute Gasteiger partial charge is 0.142 e. The highest BCUT2D eigenvalue weighted by Crippen LogP contribution is 2.07. The third-order valence-electron chi connectivity index (χ3n) is 1.67. The van der Waals surface area contributed by atoms with Crippen molar-refractivity contribution < 1.29 is 4.79 Å². The molecular formula is C7H12N2O3. The fourth-order valence-electron chi connectivity index (χ4n) is 0.889. The summed E-state index contributed by atoms with van der Waals surface area (Å²) < 4.78 is 0. The van der Waals surface area contributed by atoms with Gasteiger partial charge in [-0.2, -0.15) is 9.81 Å². The highest BCUT2D eigenvalue weighted by atomic mass is 16.3. The van der Waals surface area contributed by atoms with Crippen LogP contribution in [-0.4, -0.2) is 18.9 Å². The van der Waals surface area contributed by atoms with Crippen LogP contribution < -0.4 is 0 Å². The van der Waals surface area contributed by atoms with Crippen molar-refractivity contribution in [3.63, 3.8) is 0 Å². The first-order valence-electron chi connectivity index (χ1n) is 3.75. The lowest BCUT2D eigenvalue weighted by Gasteiger charge is -2.09. The van der Waals surface area contributed by atoms with Gasteiger partial charge in [-0.05, 0) is 0 Å². The summed E-state index contributed by atoms with van der Waals surface area (Å²) in [5.74, 6) is -0.937. The van der Waals surface area contributed by atoms with Gasteiger partial charge in [0.1, 0.15) is 5.78 Å². The number of Topliss-reactive ketones (excluding diaryl/α,β-unsaturated/α-hetero) is 1. The van der Waals surface area contributed by atoms with E-state index in [1.807, 2.05) is 0 Å². The first-order chi connectivity index (χ1) is 5.63. The predicted octanol–water partition coefficient (Wildman–Crippen LogP) is 1.36. The number of carbonyl (C=O) groups is 1. The van der Waals surface area contributed by atoms with Gasteiger partial charge in [0.05, 0.1) is 13.1 Å². The molecule has 0 aliphatic carbocycles. The fourth-order valence-corrected chi connectivity index (χ4v) is 0.889. The molecule has 0 amide bonds. The Morgan fingerprint density at radius 3 is 1.67 bits per heavy atom. The molecule has 0 N–H and O–H groups in total. The first kappa shape index (κ1) is 10.9. The number of ketones is 1. The van der Waals surface area contributed by atoms with Gasteiger partial charge in [0.25, 0.3) is 0 Å². The normalized spacial score (nSPS) is 14.8. The summed E-state index contributed by atoms with van der Waals surface area (Å²) >= 11 is 0. The summed E-state index contributed by atoms with van der Waals surface area (Å²) in [5.41, 5.74) is 0. The number of nitroso groups, excluding NO2 is 2. The van der Waals surface area contributed by atoms with Crippen LogP contribution in [0.3, 0.4) is 0 Å². The maximum Gasteiger partial charge on any atom is 0.142 e. The third-order valence-corrected chi connectivity index (χ3v) is 1.67. The van der Waals surface area contributed by atoms with Crippen molar-refractivity contribution in [3.8, 4) is 0 Å². The van der Waals surface area contributed by atoms with E-state index in [9.17, 15) is 14.6 Å². The molecule has 2 unspecified atom stereocenters. The SMILES string of the molecule is CC(CN=O)C(=O)C(C)CN=O. The van der Waals surface area contributed by atoms with Gasteiger partial charge in [0.2, 0.25) is 0 Å². The van der Waals surface area contributed by atoms with Crippen molar-refractivity contribution in [2.24, 2.45) is 22.2 Å². The molecular weight excluding hydrogens is 160 g/mol. The van der Waals surface area contributed by atoms with E-state index in [0.29, 0.717) is 0 Å². The molecule has 68 valence electrons. The maximum atomic E-state index is 11.2. The number of rotatable bonds is 6. The highest BCUT2D eigenvalue weighted by Gasteiger charge is 2.19. The minimum atomic E-state index is -0.403. The Bertz CT molecular complexity index is 163. The Balaban J connectivity index is 3.98. The summed E-state index contributed by atoms with van der Waals surface area (Å²) in [6, 6.07) is 0. The highest BCUT2D eigenvalue weighted by molar-refractivity contribution is 5.83. The Labute approximate surface area is 70.5 Å². The van der Waals surface area contributed by atoms with Crippen molar-refractivity contribution in [2.45, 2.75) is 13.8 Å². The summed E-state index contributed by atoms with van der Waals surface area (Å²) in [5, 5.41) is 5.24. The van der Waals surface area contributed by atoms with Crippen molar-refractivity contribution in [1.29, 1.82) is 0 Å². The lowest BCUT2D eigenvalue weighted by molar-refractivity contribution is -0.125. The van der Waals surface area contributed by atoms with Crippen molar-refractivity contribution in [2.75, 3.05) is 13.1 Å². The van der Waals surface area contributed by atoms with Crippen LogP contribution in [0.1, 0.15) is 13.8 Å². The largest absolute Gasteiger partial charge is 0.299 e. The zero-order valence-electron chi connectivity index (χ0n) is 7.19. The van der Waals surface area contributed by atoms with Crippen LogP contribution in [0.4, 0.5) is 0 Å². The molecule has 0 aromatic heterocycles. The molecule has 0 aromatic rings. The zero-order valence-corrected chi connectivity index (χ0v) is 7.19. The summed E-state index contributed by atoms with van der Waals surface area (Å²) in [7, 11) is 0. The van der Waals surface area contributed by atoms with Gasteiger partial charge in [0, 0.05) is 11.8 Å². The average molecular weight is 172 g/mol. The summed E-state index contributed by atoms with van der Waals surface area (Å²) in [4.78, 5) is 30.9. The molecule has 0 spiro atoms. The first-order valence-corrected chi connectivity index (χ1v) is 3.75. The van der Waals surface area contributed by atoms with Crippen LogP contribution in [0.5, 0.6) is 0 Å². The van der Waals surface area contributed by atoms with E-state index >= 15 is 0 Å². The van der Waals surface area contributed by atoms with Gasteiger partial charge in [0.15, 0.2) is 0 Å². The molecule has 0 aromatic carbocycles. The van der Waals surface area contributed by atoms with E-state index in [1.54, 1.807) is 13.8 Å². The van der Waals surface area contributed by atoms with Crippen LogP contribution in [0.2, 0.25) is 0 Å². The minimum absolute atomic E-state index is 0.0258. The third kappa shape index (κ3) is 3.32. The topological polar surface area (TPSA) is 75.9 Å². The molecule has 12 heavy (non-hydrogen) atoms. The van der Waals surface area contributed by atoms with Crippen LogP contribution in [0.25, 0.3) is 0 Å². The predicted molar refractivity (Wildman–Crippen MR) is 44.7 cm³/mol. The molecule has 2 atom stereocenters. The standard InChI is InChI=1S/C7H12N2O3/c1-5(3-8-11)7(10)6(2)4-9-12/h5-6H,3-4H2,1-2H3. The van der Waals surface area contributed by atoms with Crippen molar-refractivity contribution in [3.05, 3.63) is 9.81 Å². The van der Waals surface area contributed by atoms with E-state index in [4.69, 9.17) is 0 Å². The van der Waals surface area contributed by atoms with Gasteiger partial charge >= 0.3 is 0 Å². The van der Waals surface area contributed by atoms with Gasteiger partial charge in [-0.1, -0.05) is 24.2 Å². The van der Waals surface area contributed by atoms with E-state index in [1.165, 1.54) is 0 Å². The van der Waals surface area contributed by atoms with Crippen LogP contribution in [0.15, 0.2) is 10.4 Å². The second kappa shape index (κ2) is 5.51. The quantitative estimate of drug-likeness (QED) is 0.567. The molecule has 0 bridgehead atoms. The average Bonchev–Trinajstić information content (AvgIpc) is 2.04. The molecule has 0 heterocycles. The summed E-state index contributed by atoms with van der Waals surface area (Å²) in [6.07, 6.45) is 0. The van der Waals surface area contributed by atoms with Gasteiger partial charge in [-0.25, -0.2) is 0 Å². The molecule has 0 aliphatic heterocycles. The maximum absolute atomic E-state index is 11.2. The Hall–Kier alpha value is -1.13. The van der Waals surface area contributed by atoms with Crippen LogP contribution >= 0.6 is 0 Å². The van der Waals surface area contributed by atoms with E-state index < -0.39 is 11.8 Å². The molecule has 0 saturated heterocycles. The summed E-state index contributed by atoms with van der Waals surface area (Å²) in [6.45, 7) is 3.18. The number of hydrogen-bond donors (Lipinski definition) is 0. The Morgan fingerprint density at radius 2 is 1.42 bits per heavy atom. The molecule has 0 fully saturated rings. The molecule has 0 aliphatic rings. The van der Waals surface area contributed by atoms with E-state index in [-0.39, 0.29) is 18.9 Å². The van der Waals surface area contributed by atoms with Gasteiger partial charge < -0.3 is 0 Å². The van der Waals surface area contributed by atoms with Crippen LogP contribution in [0, 0.1) is 21.6 Å². The fraction of sp³-hybridized carbons (Fsp3) is 0.857. The lowest BCUT2D eigenvalue weighted by Crippen LogP contribution is -2.23. The van der Waals surface area contributed by atoms with E-state index in [2.05, 4.69) is 10.4 Å². The Morgan fingerprint density at radius 1 is 1.08 bits per heavy atom. The minimum Gasteiger partial charge on any atom is -0.299 e. The van der Waals surface area contributed by atoms with Crippen molar-refractivity contribution in [1.82, 2.24) is 0 Å². The molecule has 0 rings (SSSR count). The van der Waals surface area contributed by atoms with Gasteiger partial charge in [-0.15, -0.1) is 0 Å². The van der Waals surface area contributed by atoms with Crippen molar-refractivity contribution >= 4 is 5.78 Å². The number of hydrogen-bond acceptors (Lipinski definition) is 5. The second-order valence-electron chi connectivity index (χ2n) is 2.83. The monoisotopic (exact) mass is 172 g/mol. The number of carbonyl (C=O) groups excluding carboxylic acids is 1. The molecule has 5 heteroatoms. The number of nitrogens with zero attached hydrogens (tertiary/aromatic N) is 2. The van der Waals surface area contributed by atoms with Crippen LogP contribution in [-0.2, 0) is 4.79 Å². The lowest BCUT2D eigenvalue weighted by atomic mass is 9.96. The Kier molecular flexibility index (Phi) is 4.99. The second-order valence-corrected chi connectivity index (χ2v) is 2.83. The molecule has 0 radical (unpaired) electrons. The molecule has 0 saturated carbocycles. The van der Waals surface area contributed by atoms with E-state index in [0.717, 1.165) is 0 Å². The van der Waals surface area contributed by atoms with Gasteiger partial charge in [-0.3, -0.25) is 4.79 Å².